The SMILES string of the molecule is CCCN(CCC)C(=O)NCCCCNC(=O)N1CCCCC1. The van der Waals surface area contributed by atoms with E-state index in [2.05, 4.69) is 24.5 Å². The van der Waals surface area contributed by atoms with Gasteiger partial charge in [-0.25, -0.2) is 9.59 Å². The highest BCUT2D eigenvalue weighted by Crippen LogP contribution is 2.08. The molecule has 0 radical (unpaired) electrons. The Bertz CT molecular complexity index is 337. The summed E-state index contributed by atoms with van der Waals surface area (Å²) in [5, 5.41) is 5.94. The molecule has 1 aliphatic heterocycles. The summed E-state index contributed by atoms with van der Waals surface area (Å²) in [7, 11) is 0. The van der Waals surface area contributed by atoms with Gasteiger partial charge in [-0.05, 0) is 44.9 Å². The minimum absolute atomic E-state index is 0.0334. The first kappa shape index (κ1) is 19.6. The third-order valence-corrected chi connectivity index (χ3v) is 4.07. The van der Waals surface area contributed by atoms with Gasteiger partial charge in [-0.3, -0.25) is 0 Å². The van der Waals surface area contributed by atoms with Gasteiger partial charge in [-0.2, -0.15) is 0 Å². The Morgan fingerprint density at radius 2 is 1.48 bits per heavy atom. The van der Waals surface area contributed by atoms with Gasteiger partial charge in [0, 0.05) is 39.3 Å². The van der Waals surface area contributed by atoms with Crippen LogP contribution in [0, 0.1) is 0 Å². The van der Waals surface area contributed by atoms with E-state index in [0.29, 0.717) is 13.1 Å². The van der Waals surface area contributed by atoms with Gasteiger partial charge in [0.05, 0.1) is 0 Å². The molecule has 1 rings (SSSR count). The largest absolute Gasteiger partial charge is 0.338 e. The zero-order valence-corrected chi connectivity index (χ0v) is 14.9. The van der Waals surface area contributed by atoms with Crippen molar-refractivity contribution in [3.63, 3.8) is 0 Å². The number of piperidine rings is 1. The van der Waals surface area contributed by atoms with Gasteiger partial charge in [0.15, 0.2) is 0 Å². The van der Waals surface area contributed by atoms with E-state index >= 15 is 0 Å². The van der Waals surface area contributed by atoms with Crippen LogP contribution in [0.4, 0.5) is 9.59 Å². The van der Waals surface area contributed by atoms with Crippen molar-refractivity contribution in [3.8, 4) is 0 Å². The molecule has 1 fully saturated rings. The number of unbranched alkanes of at least 4 members (excludes halogenated alkanes) is 1. The van der Waals surface area contributed by atoms with Gasteiger partial charge >= 0.3 is 12.1 Å². The molecule has 0 aromatic carbocycles. The molecule has 1 saturated heterocycles. The minimum atomic E-state index is 0.0334. The number of hydrogen-bond donors (Lipinski definition) is 2. The summed E-state index contributed by atoms with van der Waals surface area (Å²) in [6.45, 7) is 8.90. The van der Waals surface area contributed by atoms with Crippen LogP contribution in [0.2, 0.25) is 0 Å². The van der Waals surface area contributed by atoms with E-state index in [9.17, 15) is 9.59 Å². The van der Waals surface area contributed by atoms with Crippen LogP contribution in [0.5, 0.6) is 0 Å². The highest BCUT2D eigenvalue weighted by atomic mass is 16.2. The molecule has 0 atom stereocenters. The zero-order valence-electron chi connectivity index (χ0n) is 14.9. The average molecular weight is 326 g/mol. The van der Waals surface area contributed by atoms with Crippen LogP contribution >= 0.6 is 0 Å². The quantitative estimate of drug-likeness (QED) is 0.640. The molecule has 6 heteroatoms. The van der Waals surface area contributed by atoms with Gasteiger partial charge in [-0.15, -0.1) is 0 Å². The second-order valence-electron chi connectivity index (χ2n) is 6.21. The molecule has 4 amide bonds. The third kappa shape index (κ3) is 8.09. The third-order valence-electron chi connectivity index (χ3n) is 4.07. The second kappa shape index (κ2) is 12.0. The van der Waals surface area contributed by atoms with Crippen molar-refractivity contribution < 1.29 is 9.59 Å². The molecule has 0 aliphatic carbocycles. The molecule has 2 N–H and O–H groups in total. The molecule has 23 heavy (non-hydrogen) atoms. The molecule has 0 aromatic rings. The number of amides is 4. The predicted octanol–water partition coefficient (Wildman–Crippen LogP) is 2.79. The lowest BCUT2D eigenvalue weighted by Crippen LogP contribution is -2.43. The Labute approximate surface area is 141 Å². The fourth-order valence-corrected chi connectivity index (χ4v) is 2.82. The van der Waals surface area contributed by atoms with Crippen molar-refractivity contribution in [1.82, 2.24) is 20.4 Å². The Balaban J connectivity index is 2.05. The fraction of sp³-hybridized carbons (Fsp3) is 0.882. The van der Waals surface area contributed by atoms with Crippen LogP contribution in [0.25, 0.3) is 0 Å². The van der Waals surface area contributed by atoms with Gasteiger partial charge in [-0.1, -0.05) is 13.8 Å². The Morgan fingerprint density at radius 1 is 0.913 bits per heavy atom. The Hall–Kier alpha value is -1.46. The molecule has 0 aromatic heterocycles. The van der Waals surface area contributed by atoms with E-state index in [-0.39, 0.29) is 12.1 Å². The van der Waals surface area contributed by atoms with Crippen molar-refractivity contribution >= 4 is 12.1 Å². The van der Waals surface area contributed by atoms with E-state index in [1.165, 1.54) is 6.42 Å². The van der Waals surface area contributed by atoms with Gasteiger partial charge in [0.25, 0.3) is 0 Å². The Morgan fingerprint density at radius 3 is 2.04 bits per heavy atom. The van der Waals surface area contributed by atoms with Crippen LogP contribution in [0.3, 0.4) is 0 Å². The number of rotatable bonds is 9. The molecule has 0 spiro atoms. The first-order valence-electron chi connectivity index (χ1n) is 9.24. The number of hydrogen-bond acceptors (Lipinski definition) is 2. The maximum absolute atomic E-state index is 12.0. The van der Waals surface area contributed by atoms with Crippen molar-refractivity contribution in [2.24, 2.45) is 0 Å². The summed E-state index contributed by atoms with van der Waals surface area (Å²) in [5.74, 6) is 0. The predicted molar refractivity (Wildman–Crippen MR) is 93.6 cm³/mol. The highest BCUT2D eigenvalue weighted by molar-refractivity contribution is 5.74. The number of nitrogens with one attached hydrogen (secondary N) is 2. The summed E-state index contributed by atoms with van der Waals surface area (Å²) in [6.07, 6.45) is 7.21. The van der Waals surface area contributed by atoms with Gasteiger partial charge in [0.1, 0.15) is 0 Å². The van der Waals surface area contributed by atoms with Crippen molar-refractivity contribution in [3.05, 3.63) is 0 Å². The van der Waals surface area contributed by atoms with Crippen LogP contribution in [-0.4, -0.2) is 61.1 Å². The summed E-state index contributed by atoms with van der Waals surface area (Å²) in [6, 6.07) is 0.0943. The molecule has 6 nitrogen and oxygen atoms in total. The van der Waals surface area contributed by atoms with Crippen LogP contribution < -0.4 is 10.6 Å². The molecular weight excluding hydrogens is 292 g/mol. The van der Waals surface area contributed by atoms with E-state index in [1.54, 1.807) is 0 Å². The Kier molecular flexibility index (Phi) is 10.2. The second-order valence-corrected chi connectivity index (χ2v) is 6.21. The normalized spacial score (nSPS) is 14.4. The van der Waals surface area contributed by atoms with E-state index in [4.69, 9.17) is 0 Å². The molecular formula is C17H34N4O2. The van der Waals surface area contributed by atoms with Crippen molar-refractivity contribution in [2.75, 3.05) is 39.3 Å². The lowest BCUT2D eigenvalue weighted by molar-refractivity contribution is 0.186. The lowest BCUT2D eigenvalue weighted by Gasteiger charge is -2.26. The molecule has 0 unspecified atom stereocenters. The summed E-state index contributed by atoms with van der Waals surface area (Å²) in [5.41, 5.74) is 0. The summed E-state index contributed by atoms with van der Waals surface area (Å²) >= 11 is 0. The van der Waals surface area contributed by atoms with Crippen LogP contribution in [0.1, 0.15) is 58.8 Å². The van der Waals surface area contributed by atoms with E-state index in [0.717, 1.165) is 64.7 Å². The molecule has 1 heterocycles. The lowest BCUT2D eigenvalue weighted by atomic mass is 10.1. The summed E-state index contributed by atoms with van der Waals surface area (Å²) < 4.78 is 0. The first-order chi connectivity index (χ1) is 11.2. The van der Waals surface area contributed by atoms with Crippen LogP contribution in [-0.2, 0) is 0 Å². The number of nitrogens with zero attached hydrogens (tertiary/aromatic N) is 2. The first-order valence-corrected chi connectivity index (χ1v) is 9.24. The van der Waals surface area contributed by atoms with Crippen molar-refractivity contribution in [2.45, 2.75) is 58.8 Å². The van der Waals surface area contributed by atoms with Crippen LogP contribution in [0.15, 0.2) is 0 Å². The van der Waals surface area contributed by atoms with Gasteiger partial charge < -0.3 is 20.4 Å². The molecule has 134 valence electrons. The fourth-order valence-electron chi connectivity index (χ4n) is 2.82. The van der Waals surface area contributed by atoms with E-state index < -0.39 is 0 Å². The molecule has 0 saturated carbocycles. The standard InChI is InChI=1S/C17H34N4O2/c1-3-12-20(13-4-2)16(22)18-10-6-7-11-19-17(23)21-14-8-5-9-15-21/h3-15H2,1-2H3,(H,18,22)(H,19,23). The van der Waals surface area contributed by atoms with Crippen molar-refractivity contribution in [1.29, 1.82) is 0 Å². The number of likely N-dealkylation sites (tertiary alicyclic amines) is 1. The van der Waals surface area contributed by atoms with E-state index in [1.807, 2.05) is 9.80 Å². The minimum Gasteiger partial charge on any atom is -0.338 e. The molecule has 0 bridgehead atoms. The monoisotopic (exact) mass is 326 g/mol. The number of carbonyl (C=O) groups excluding carboxylic acids is 2. The van der Waals surface area contributed by atoms with Gasteiger partial charge in [0.2, 0.25) is 0 Å². The highest BCUT2D eigenvalue weighted by Gasteiger charge is 2.15. The zero-order chi connectivity index (χ0) is 16.9. The topological polar surface area (TPSA) is 64.7 Å². The number of carbonyl (C=O) groups is 2. The maximum Gasteiger partial charge on any atom is 0.317 e. The average Bonchev–Trinajstić information content (AvgIpc) is 2.58. The number of urea groups is 2. The molecule has 1 aliphatic rings. The summed E-state index contributed by atoms with van der Waals surface area (Å²) in [4.78, 5) is 27.7. The smallest absolute Gasteiger partial charge is 0.317 e. The maximum atomic E-state index is 12.0.